The summed E-state index contributed by atoms with van der Waals surface area (Å²) in [6.07, 6.45) is 0.866. The van der Waals surface area contributed by atoms with Gasteiger partial charge in [-0.05, 0) is 37.1 Å². The molecule has 0 saturated heterocycles. The minimum absolute atomic E-state index is 0.192. The van der Waals surface area contributed by atoms with Gasteiger partial charge in [0.05, 0.1) is 11.4 Å². The van der Waals surface area contributed by atoms with Crippen molar-refractivity contribution in [3.8, 4) is 5.75 Å². The highest BCUT2D eigenvalue weighted by atomic mass is 19.1. The zero-order valence-electron chi connectivity index (χ0n) is 12.1. The number of ether oxygens (including phenoxy) is 1. The fraction of sp³-hybridized carbons (Fsp3) is 0.400. The minimum atomic E-state index is -0.391. The number of halogens is 1. The minimum Gasteiger partial charge on any atom is -0.484 e. The van der Waals surface area contributed by atoms with Crippen molar-refractivity contribution in [2.24, 2.45) is 12.8 Å². The molecule has 0 amide bonds. The van der Waals surface area contributed by atoms with Crippen molar-refractivity contribution in [2.75, 3.05) is 0 Å². The highest BCUT2D eigenvalue weighted by molar-refractivity contribution is 5.31. The van der Waals surface area contributed by atoms with Crippen LogP contribution in [0.1, 0.15) is 36.8 Å². The Bertz CT molecular complexity index is 593. The highest BCUT2D eigenvalue weighted by Gasteiger charge is 2.09. The molecule has 0 bridgehead atoms. The number of hydrogen-bond acceptors (Lipinski definition) is 3. The number of nitrogens with zero attached hydrogens (tertiary/aromatic N) is 2. The summed E-state index contributed by atoms with van der Waals surface area (Å²) in [7, 11) is 1.85. The number of nitrogens with two attached hydrogens (primary N) is 1. The quantitative estimate of drug-likeness (QED) is 0.914. The predicted octanol–water partition coefficient (Wildman–Crippen LogP) is 2.72. The summed E-state index contributed by atoms with van der Waals surface area (Å²) in [6, 6.07) is 6.59. The molecule has 0 saturated carbocycles. The van der Waals surface area contributed by atoms with E-state index in [9.17, 15) is 4.39 Å². The molecule has 108 valence electrons. The number of rotatable bonds is 5. The van der Waals surface area contributed by atoms with Gasteiger partial charge in [-0.1, -0.05) is 13.0 Å². The third-order valence-corrected chi connectivity index (χ3v) is 3.25. The summed E-state index contributed by atoms with van der Waals surface area (Å²) in [5.41, 5.74) is 8.38. The van der Waals surface area contributed by atoms with Gasteiger partial charge in [-0.25, -0.2) is 4.39 Å². The van der Waals surface area contributed by atoms with E-state index in [1.54, 1.807) is 16.8 Å². The van der Waals surface area contributed by atoms with Crippen LogP contribution in [0.2, 0.25) is 0 Å². The predicted molar refractivity (Wildman–Crippen MR) is 75.9 cm³/mol. The fourth-order valence-electron chi connectivity index (χ4n) is 1.95. The molecule has 1 heterocycles. The van der Waals surface area contributed by atoms with Gasteiger partial charge in [-0.2, -0.15) is 5.10 Å². The molecule has 20 heavy (non-hydrogen) atoms. The van der Waals surface area contributed by atoms with Gasteiger partial charge in [0.25, 0.3) is 0 Å². The van der Waals surface area contributed by atoms with Gasteiger partial charge in [-0.3, -0.25) is 4.68 Å². The van der Waals surface area contributed by atoms with Crippen LogP contribution >= 0.6 is 0 Å². The molecule has 5 heteroatoms. The maximum Gasteiger partial charge on any atom is 0.165 e. The summed E-state index contributed by atoms with van der Waals surface area (Å²) in [6.45, 7) is 4.15. The number of aromatic nitrogens is 2. The van der Waals surface area contributed by atoms with Crippen molar-refractivity contribution in [3.63, 3.8) is 0 Å². The van der Waals surface area contributed by atoms with Crippen molar-refractivity contribution < 1.29 is 9.13 Å². The standard InChI is InChI=1S/C15H20FN3O/c1-4-12-8-13(19(3)18-12)9-20-15-6-5-11(10(2)17)7-14(15)16/h5-8,10H,4,9,17H2,1-3H3. The Labute approximate surface area is 118 Å². The Hall–Kier alpha value is -1.88. The molecule has 0 aliphatic carbocycles. The molecule has 0 fully saturated rings. The van der Waals surface area contributed by atoms with Gasteiger partial charge < -0.3 is 10.5 Å². The van der Waals surface area contributed by atoms with E-state index in [1.165, 1.54) is 6.07 Å². The largest absolute Gasteiger partial charge is 0.484 e. The zero-order valence-corrected chi connectivity index (χ0v) is 12.1. The number of benzene rings is 1. The Morgan fingerprint density at radius 3 is 2.70 bits per heavy atom. The molecule has 1 unspecified atom stereocenters. The van der Waals surface area contributed by atoms with E-state index >= 15 is 0 Å². The first-order chi connectivity index (χ1) is 9.51. The van der Waals surface area contributed by atoms with E-state index in [0.717, 1.165) is 23.4 Å². The van der Waals surface area contributed by atoms with E-state index in [2.05, 4.69) is 5.10 Å². The second-order valence-corrected chi connectivity index (χ2v) is 4.87. The van der Waals surface area contributed by atoms with Crippen molar-refractivity contribution in [1.82, 2.24) is 9.78 Å². The molecule has 1 aromatic carbocycles. The second-order valence-electron chi connectivity index (χ2n) is 4.87. The van der Waals surface area contributed by atoms with Gasteiger partial charge in [0, 0.05) is 13.1 Å². The van der Waals surface area contributed by atoms with Crippen LogP contribution in [-0.2, 0) is 20.1 Å². The molecule has 0 spiro atoms. The molecular formula is C15H20FN3O. The van der Waals surface area contributed by atoms with E-state index in [1.807, 2.05) is 27.0 Å². The lowest BCUT2D eigenvalue weighted by Crippen LogP contribution is -2.07. The zero-order chi connectivity index (χ0) is 14.7. The van der Waals surface area contributed by atoms with Crippen molar-refractivity contribution >= 4 is 0 Å². The maximum atomic E-state index is 13.9. The maximum absolute atomic E-state index is 13.9. The van der Waals surface area contributed by atoms with Gasteiger partial charge in [0.2, 0.25) is 0 Å². The van der Waals surface area contributed by atoms with Crippen LogP contribution < -0.4 is 10.5 Å². The third kappa shape index (κ3) is 3.17. The molecular weight excluding hydrogens is 257 g/mol. The van der Waals surface area contributed by atoms with Crippen molar-refractivity contribution in [2.45, 2.75) is 32.9 Å². The van der Waals surface area contributed by atoms with Gasteiger partial charge in [0.1, 0.15) is 6.61 Å². The van der Waals surface area contributed by atoms with Crippen LogP contribution in [0.5, 0.6) is 5.75 Å². The van der Waals surface area contributed by atoms with Crippen LogP contribution in [0.25, 0.3) is 0 Å². The molecule has 2 N–H and O–H groups in total. The summed E-state index contributed by atoms with van der Waals surface area (Å²) in [4.78, 5) is 0. The fourth-order valence-corrected chi connectivity index (χ4v) is 1.95. The number of hydrogen-bond donors (Lipinski definition) is 1. The van der Waals surface area contributed by atoms with Crippen LogP contribution in [0.3, 0.4) is 0 Å². The van der Waals surface area contributed by atoms with Crippen LogP contribution in [-0.4, -0.2) is 9.78 Å². The lowest BCUT2D eigenvalue weighted by molar-refractivity contribution is 0.280. The average molecular weight is 277 g/mol. The Morgan fingerprint density at radius 2 is 2.15 bits per heavy atom. The number of aryl methyl sites for hydroxylation is 2. The highest BCUT2D eigenvalue weighted by Crippen LogP contribution is 2.22. The van der Waals surface area contributed by atoms with Gasteiger partial charge in [-0.15, -0.1) is 0 Å². The molecule has 0 aliphatic rings. The normalized spacial score (nSPS) is 12.4. The summed E-state index contributed by atoms with van der Waals surface area (Å²) < 4.78 is 21.2. The smallest absolute Gasteiger partial charge is 0.165 e. The first kappa shape index (κ1) is 14.5. The van der Waals surface area contributed by atoms with Crippen LogP contribution in [0.4, 0.5) is 4.39 Å². The van der Waals surface area contributed by atoms with E-state index in [4.69, 9.17) is 10.5 Å². The molecule has 1 aromatic heterocycles. The first-order valence-electron chi connectivity index (χ1n) is 6.71. The topological polar surface area (TPSA) is 53.1 Å². The monoisotopic (exact) mass is 277 g/mol. The summed E-state index contributed by atoms with van der Waals surface area (Å²) in [5, 5.41) is 4.33. The third-order valence-electron chi connectivity index (χ3n) is 3.25. The molecule has 0 radical (unpaired) electrons. The SMILES string of the molecule is CCc1cc(COc2ccc(C(C)N)cc2F)n(C)n1. The molecule has 2 aromatic rings. The van der Waals surface area contributed by atoms with Crippen molar-refractivity contribution in [3.05, 3.63) is 47.0 Å². The Kier molecular flexibility index (Phi) is 4.39. The van der Waals surface area contributed by atoms with E-state index < -0.39 is 5.82 Å². The average Bonchev–Trinajstić information content (AvgIpc) is 2.78. The second kappa shape index (κ2) is 6.05. The van der Waals surface area contributed by atoms with E-state index in [-0.39, 0.29) is 18.4 Å². The van der Waals surface area contributed by atoms with Crippen LogP contribution in [0.15, 0.2) is 24.3 Å². The summed E-state index contributed by atoms with van der Waals surface area (Å²) >= 11 is 0. The molecule has 4 nitrogen and oxygen atoms in total. The molecule has 2 rings (SSSR count). The first-order valence-corrected chi connectivity index (χ1v) is 6.71. The Balaban J connectivity index is 2.08. The van der Waals surface area contributed by atoms with Gasteiger partial charge >= 0.3 is 0 Å². The lowest BCUT2D eigenvalue weighted by Gasteiger charge is -2.10. The molecule has 1 atom stereocenters. The van der Waals surface area contributed by atoms with E-state index in [0.29, 0.717) is 0 Å². The van der Waals surface area contributed by atoms with Crippen molar-refractivity contribution in [1.29, 1.82) is 0 Å². The Morgan fingerprint density at radius 1 is 1.40 bits per heavy atom. The van der Waals surface area contributed by atoms with Crippen LogP contribution in [0, 0.1) is 5.82 Å². The lowest BCUT2D eigenvalue weighted by atomic mass is 10.1. The summed E-state index contributed by atoms with van der Waals surface area (Å²) in [5.74, 6) is -0.161. The van der Waals surface area contributed by atoms with Gasteiger partial charge in [0.15, 0.2) is 11.6 Å². The molecule has 0 aliphatic heterocycles.